The van der Waals surface area contributed by atoms with Gasteiger partial charge in [0, 0.05) is 19.7 Å². The number of hydrogen-bond acceptors (Lipinski definition) is 3. The zero-order valence-corrected chi connectivity index (χ0v) is 10.8. The SMILES string of the molecule is C[C@@H]1CCN(CC(=O)NC[C@@H]2CCCOC2)C1. The summed E-state index contributed by atoms with van der Waals surface area (Å²) in [6.45, 7) is 7.43. The van der Waals surface area contributed by atoms with Crippen LogP contribution in [-0.4, -0.2) is 50.2 Å². The molecule has 0 saturated carbocycles. The van der Waals surface area contributed by atoms with Gasteiger partial charge in [-0.15, -0.1) is 0 Å². The number of likely N-dealkylation sites (tertiary alicyclic amines) is 1. The minimum absolute atomic E-state index is 0.171. The number of amides is 1. The van der Waals surface area contributed by atoms with E-state index >= 15 is 0 Å². The molecule has 0 aromatic heterocycles. The zero-order valence-electron chi connectivity index (χ0n) is 10.8. The maximum atomic E-state index is 11.8. The third-order valence-corrected chi connectivity index (χ3v) is 3.72. The highest BCUT2D eigenvalue weighted by Crippen LogP contribution is 2.14. The molecule has 1 amide bonds. The Labute approximate surface area is 104 Å². The van der Waals surface area contributed by atoms with Gasteiger partial charge in [-0.3, -0.25) is 9.69 Å². The number of hydrogen-bond donors (Lipinski definition) is 1. The van der Waals surface area contributed by atoms with Gasteiger partial charge in [0.25, 0.3) is 0 Å². The molecule has 0 bridgehead atoms. The first-order valence-corrected chi connectivity index (χ1v) is 6.81. The molecule has 2 saturated heterocycles. The van der Waals surface area contributed by atoms with E-state index < -0.39 is 0 Å². The molecule has 17 heavy (non-hydrogen) atoms. The van der Waals surface area contributed by atoms with E-state index in [1.165, 1.54) is 12.8 Å². The fourth-order valence-electron chi connectivity index (χ4n) is 2.66. The lowest BCUT2D eigenvalue weighted by Gasteiger charge is -2.23. The minimum Gasteiger partial charge on any atom is -0.381 e. The van der Waals surface area contributed by atoms with Crippen molar-refractivity contribution in [1.29, 1.82) is 0 Å². The molecule has 2 rings (SSSR count). The van der Waals surface area contributed by atoms with E-state index in [0.29, 0.717) is 12.5 Å². The standard InChI is InChI=1S/C13H24N2O2/c1-11-4-5-15(8-11)9-13(16)14-7-12-3-2-6-17-10-12/h11-12H,2-10H2,1H3,(H,14,16)/t11-,12+/m1/s1. The van der Waals surface area contributed by atoms with Gasteiger partial charge in [0.2, 0.25) is 5.91 Å². The maximum absolute atomic E-state index is 11.8. The van der Waals surface area contributed by atoms with Crippen molar-refractivity contribution in [3.8, 4) is 0 Å². The molecule has 0 spiro atoms. The third kappa shape index (κ3) is 4.28. The molecule has 0 radical (unpaired) electrons. The average molecular weight is 240 g/mol. The van der Waals surface area contributed by atoms with Crippen molar-refractivity contribution in [1.82, 2.24) is 10.2 Å². The second kappa shape index (κ2) is 6.36. The van der Waals surface area contributed by atoms with Crippen LogP contribution in [0.4, 0.5) is 0 Å². The lowest BCUT2D eigenvalue weighted by Crippen LogP contribution is -2.39. The van der Waals surface area contributed by atoms with Gasteiger partial charge in [-0.2, -0.15) is 0 Å². The number of nitrogens with one attached hydrogen (secondary N) is 1. The predicted octanol–water partition coefficient (Wildman–Crippen LogP) is 0.871. The van der Waals surface area contributed by atoms with Gasteiger partial charge in [-0.05, 0) is 37.6 Å². The van der Waals surface area contributed by atoms with Crippen LogP contribution < -0.4 is 5.32 Å². The highest BCUT2D eigenvalue weighted by molar-refractivity contribution is 5.78. The molecule has 2 fully saturated rings. The van der Waals surface area contributed by atoms with Crippen LogP contribution in [0.15, 0.2) is 0 Å². The molecule has 2 heterocycles. The van der Waals surface area contributed by atoms with E-state index in [4.69, 9.17) is 4.74 Å². The Kier molecular flexibility index (Phi) is 4.80. The lowest BCUT2D eigenvalue weighted by molar-refractivity contribution is -0.122. The van der Waals surface area contributed by atoms with E-state index in [9.17, 15) is 4.79 Å². The molecule has 2 atom stereocenters. The van der Waals surface area contributed by atoms with E-state index in [1.807, 2.05) is 0 Å². The first kappa shape index (κ1) is 12.8. The van der Waals surface area contributed by atoms with Gasteiger partial charge in [-0.1, -0.05) is 6.92 Å². The van der Waals surface area contributed by atoms with Crippen LogP contribution in [0.2, 0.25) is 0 Å². The summed E-state index contributed by atoms with van der Waals surface area (Å²) in [6.07, 6.45) is 3.54. The molecule has 2 aliphatic heterocycles. The van der Waals surface area contributed by atoms with Crippen LogP contribution in [0.1, 0.15) is 26.2 Å². The highest BCUT2D eigenvalue weighted by atomic mass is 16.5. The minimum atomic E-state index is 0.171. The van der Waals surface area contributed by atoms with E-state index in [2.05, 4.69) is 17.1 Å². The van der Waals surface area contributed by atoms with Crippen molar-refractivity contribution in [3.63, 3.8) is 0 Å². The fourth-order valence-corrected chi connectivity index (χ4v) is 2.66. The number of ether oxygens (including phenoxy) is 1. The molecule has 0 unspecified atom stereocenters. The van der Waals surface area contributed by atoms with Gasteiger partial charge in [0.05, 0.1) is 13.2 Å². The Bertz CT molecular complexity index is 252. The van der Waals surface area contributed by atoms with E-state index in [0.717, 1.165) is 45.2 Å². The summed E-state index contributed by atoms with van der Waals surface area (Å²) in [5.41, 5.74) is 0. The Hall–Kier alpha value is -0.610. The average Bonchev–Trinajstić information content (AvgIpc) is 2.73. The molecule has 0 aliphatic carbocycles. The number of rotatable bonds is 4. The zero-order chi connectivity index (χ0) is 12.1. The van der Waals surface area contributed by atoms with Gasteiger partial charge in [0.15, 0.2) is 0 Å². The summed E-state index contributed by atoms with van der Waals surface area (Å²) in [4.78, 5) is 14.0. The summed E-state index contributed by atoms with van der Waals surface area (Å²) in [5, 5.41) is 3.03. The molecular weight excluding hydrogens is 216 g/mol. The Balaban J connectivity index is 1.60. The van der Waals surface area contributed by atoms with Gasteiger partial charge in [-0.25, -0.2) is 0 Å². The molecule has 0 aromatic rings. The van der Waals surface area contributed by atoms with Gasteiger partial charge in [0.1, 0.15) is 0 Å². The smallest absolute Gasteiger partial charge is 0.234 e. The fraction of sp³-hybridized carbons (Fsp3) is 0.923. The number of carbonyl (C=O) groups is 1. The highest BCUT2D eigenvalue weighted by Gasteiger charge is 2.21. The van der Waals surface area contributed by atoms with E-state index in [1.54, 1.807) is 0 Å². The normalized spacial score (nSPS) is 30.4. The number of carbonyl (C=O) groups excluding carboxylic acids is 1. The quantitative estimate of drug-likeness (QED) is 0.793. The van der Waals surface area contributed by atoms with Crippen LogP contribution in [-0.2, 0) is 9.53 Å². The first-order valence-electron chi connectivity index (χ1n) is 6.81. The second-order valence-corrected chi connectivity index (χ2v) is 5.52. The topological polar surface area (TPSA) is 41.6 Å². The summed E-state index contributed by atoms with van der Waals surface area (Å²) < 4.78 is 5.40. The lowest BCUT2D eigenvalue weighted by atomic mass is 10.0. The summed E-state index contributed by atoms with van der Waals surface area (Å²) in [5.74, 6) is 1.43. The molecular formula is C13H24N2O2. The van der Waals surface area contributed by atoms with Gasteiger partial charge < -0.3 is 10.1 Å². The molecule has 4 nitrogen and oxygen atoms in total. The van der Waals surface area contributed by atoms with E-state index in [-0.39, 0.29) is 5.91 Å². The van der Waals surface area contributed by atoms with Gasteiger partial charge >= 0.3 is 0 Å². The molecule has 4 heteroatoms. The molecule has 2 aliphatic rings. The largest absolute Gasteiger partial charge is 0.381 e. The van der Waals surface area contributed by atoms with Crippen LogP contribution in [0.5, 0.6) is 0 Å². The molecule has 0 aromatic carbocycles. The Morgan fingerprint density at radius 2 is 2.35 bits per heavy atom. The summed E-state index contributed by atoms with van der Waals surface area (Å²) >= 11 is 0. The summed E-state index contributed by atoms with van der Waals surface area (Å²) in [6, 6.07) is 0. The van der Waals surface area contributed by atoms with Crippen LogP contribution in [0, 0.1) is 11.8 Å². The number of nitrogens with zero attached hydrogens (tertiary/aromatic N) is 1. The summed E-state index contributed by atoms with van der Waals surface area (Å²) in [7, 11) is 0. The van der Waals surface area contributed by atoms with Crippen molar-refractivity contribution < 1.29 is 9.53 Å². The monoisotopic (exact) mass is 240 g/mol. The van der Waals surface area contributed by atoms with Crippen LogP contribution >= 0.6 is 0 Å². The van der Waals surface area contributed by atoms with Crippen molar-refractivity contribution in [2.24, 2.45) is 11.8 Å². The van der Waals surface area contributed by atoms with Crippen molar-refractivity contribution in [2.75, 3.05) is 39.4 Å². The van der Waals surface area contributed by atoms with Crippen molar-refractivity contribution in [3.05, 3.63) is 0 Å². The Morgan fingerprint density at radius 1 is 1.47 bits per heavy atom. The maximum Gasteiger partial charge on any atom is 0.234 e. The van der Waals surface area contributed by atoms with Crippen molar-refractivity contribution >= 4 is 5.91 Å². The molecule has 98 valence electrons. The van der Waals surface area contributed by atoms with Crippen LogP contribution in [0.3, 0.4) is 0 Å². The third-order valence-electron chi connectivity index (χ3n) is 3.72. The first-order chi connectivity index (χ1) is 8.24. The van der Waals surface area contributed by atoms with Crippen molar-refractivity contribution in [2.45, 2.75) is 26.2 Å². The van der Waals surface area contributed by atoms with Crippen LogP contribution in [0.25, 0.3) is 0 Å². The molecule has 1 N–H and O–H groups in total. The second-order valence-electron chi connectivity index (χ2n) is 5.52. The Morgan fingerprint density at radius 3 is 3.00 bits per heavy atom. The predicted molar refractivity (Wildman–Crippen MR) is 66.8 cm³/mol.